The van der Waals surface area contributed by atoms with Gasteiger partial charge in [0.2, 0.25) is 0 Å². The summed E-state index contributed by atoms with van der Waals surface area (Å²) in [5, 5.41) is 1.30. The second kappa shape index (κ2) is 10.3. The maximum Gasteiger partial charge on any atom is 0.175 e. The summed E-state index contributed by atoms with van der Waals surface area (Å²) in [4.78, 5) is 14.6. The van der Waals surface area contributed by atoms with Gasteiger partial charge in [0.15, 0.2) is 5.78 Å². The van der Waals surface area contributed by atoms with Gasteiger partial charge >= 0.3 is 0 Å². The second-order valence-corrected chi connectivity index (χ2v) is 9.23. The Labute approximate surface area is 215 Å². The first-order chi connectivity index (χ1) is 17.1. The first-order valence-corrected chi connectivity index (χ1v) is 12.2. The van der Waals surface area contributed by atoms with Crippen molar-refractivity contribution in [2.45, 2.75) is 5.92 Å². The number of Topliss-reactive ketones (excluding diaryl/α,β-unsaturated/α-hetero) is 1. The minimum atomic E-state index is -0.482. The summed E-state index contributed by atoms with van der Waals surface area (Å²) in [6.45, 7) is 0. The predicted molar refractivity (Wildman–Crippen MR) is 146 cm³/mol. The normalized spacial score (nSPS) is 11.7. The highest BCUT2D eigenvalue weighted by Gasteiger charge is 2.28. The third kappa shape index (κ3) is 4.93. The third-order valence-electron chi connectivity index (χ3n) is 6.15. The number of hydrogen-bond donors (Lipinski definition) is 0. The zero-order chi connectivity index (χ0) is 24.2. The third-order valence-corrected chi connectivity index (χ3v) is 6.65. The van der Waals surface area contributed by atoms with E-state index in [0.29, 0.717) is 15.6 Å². The van der Waals surface area contributed by atoms with Crippen molar-refractivity contribution < 1.29 is 4.79 Å². The molecule has 0 aliphatic carbocycles. The minimum Gasteiger partial charge on any atom is -0.293 e. The molecule has 5 aromatic rings. The van der Waals surface area contributed by atoms with E-state index in [1.807, 2.05) is 127 Å². The average molecular weight is 493 g/mol. The van der Waals surface area contributed by atoms with Crippen LogP contribution in [0.15, 0.2) is 127 Å². The van der Waals surface area contributed by atoms with Gasteiger partial charge in [-0.3, -0.25) is 4.79 Å². The maximum atomic E-state index is 14.6. The number of carbonyl (C=O) groups is 1. The Morgan fingerprint density at radius 2 is 0.943 bits per heavy atom. The Hall–Kier alpha value is -3.65. The highest BCUT2D eigenvalue weighted by molar-refractivity contribution is 6.31. The SMILES string of the molecule is O=C(c1c(-c2ccccc2)cccc1-c1ccc(Cl)cc1)C(c1ccccc1)c1ccc(Cl)cc1. The van der Waals surface area contributed by atoms with Crippen LogP contribution < -0.4 is 0 Å². The monoisotopic (exact) mass is 492 g/mol. The fourth-order valence-electron chi connectivity index (χ4n) is 4.49. The van der Waals surface area contributed by atoms with Crippen LogP contribution in [-0.4, -0.2) is 5.78 Å². The van der Waals surface area contributed by atoms with Crippen molar-refractivity contribution in [1.82, 2.24) is 0 Å². The molecule has 0 heterocycles. The Morgan fingerprint density at radius 1 is 0.486 bits per heavy atom. The van der Waals surface area contributed by atoms with Crippen LogP contribution in [-0.2, 0) is 0 Å². The minimum absolute atomic E-state index is 0.0305. The van der Waals surface area contributed by atoms with Crippen molar-refractivity contribution in [3.63, 3.8) is 0 Å². The van der Waals surface area contributed by atoms with Gasteiger partial charge in [0, 0.05) is 15.6 Å². The van der Waals surface area contributed by atoms with E-state index in [1.54, 1.807) is 0 Å². The lowest BCUT2D eigenvalue weighted by Crippen LogP contribution is -2.16. The van der Waals surface area contributed by atoms with Crippen LogP contribution in [0.5, 0.6) is 0 Å². The molecule has 5 rings (SSSR count). The molecular weight excluding hydrogens is 471 g/mol. The van der Waals surface area contributed by atoms with E-state index in [4.69, 9.17) is 23.2 Å². The molecule has 3 heteroatoms. The van der Waals surface area contributed by atoms with Crippen molar-refractivity contribution in [2.75, 3.05) is 0 Å². The molecule has 0 bridgehead atoms. The Morgan fingerprint density at radius 3 is 1.51 bits per heavy atom. The largest absolute Gasteiger partial charge is 0.293 e. The van der Waals surface area contributed by atoms with Crippen LogP contribution in [0.25, 0.3) is 22.3 Å². The number of carbonyl (C=O) groups excluding carboxylic acids is 1. The van der Waals surface area contributed by atoms with E-state index in [0.717, 1.165) is 33.4 Å². The van der Waals surface area contributed by atoms with Gasteiger partial charge in [-0.15, -0.1) is 0 Å². The van der Waals surface area contributed by atoms with Crippen molar-refractivity contribution in [3.05, 3.63) is 154 Å². The molecule has 0 aliphatic heterocycles. The average Bonchev–Trinajstić information content (AvgIpc) is 2.91. The lowest BCUT2D eigenvalue weighted by molar-refractivity contribution is 0.0975. The van der Waals surface area contributed by atoms with Crippen LogP contribution >= 0.6 is 23.2 Å². The quantitative estimate of drug-likeness (QED) is 0.215. The van der Waals surface area contributed by atoms with E-state index < -0.39 is 5.92 Å². The van der Waals surface area contributed by atoms with Gasteiger partial charge in [-0.25, -0.2) is 0 Å². The van der Waals surface area contributed by atoms with E-state index in [-0.39, 0.29) is 5.78 Å². The Bertz CT molecular complexity index is 1440. The molecule has 1 nitrogen and oxygen atoms in total. The molecule has 0 spiro atoms. The van der Waals surface area contributed by atoms with Crippen molar-refractivity contribution in [3.8, 4) is 22.3 Å². The smallest absolute Gasteiger partial charge is 0.175 e. The maximum absolute atomic E-state index is 14.6. The molecule has 0 saturated carbocycles. The van der Waals surface area contributed by atoms with Crippen molar-refractivity contribution >= 4 is 29.0 Å². The van der Waals surface area contributed by atoms with Gasteiger partial charge < -0.3 is 0 Å². The predicted octanol–water partition coefficient (Wildman–Crippen LogP) is 9.34. The zero-order valence-corrected chi connectivity index (χ0v) is 20.4. The summed E-state index contributed by atoms with van der Waals surface area (Å²) in [6.07, 6.45) is 0. The summed E-state index contributed by atoms with van der Waals surface area (Å²) in [5.41, 5.74) is 6.24. The molecule has 1 unspecified atom stereocenters. The van der Waals surface area contributed by atoms with E-state index in [9.17, 15) is 4.79 Å². The van der Waals surface area contributed by atoms with Crippen LogP contribution in [0.2, 0.25) is 10.0 Å². The molecule has 5 aromatic carbocycles. The number of rotatable bonds is 6. The summed E-state index contributed by atoms with van der Waals surface area (Å²) >= 11 is 12.4. The van der Waals surface area contributed by atoms with E-state index in [2.05, 4.69) is 0 Å². The van der Waals surface area contributed by atoms with Gasteiger partial charge in [-0.2, -0.15) is 0 Å². The van der Waals surface area contributed by atoms with Gasteiger partial charge in [-0.1, -0.05) is 126 Å². The first kappa shape index (κ1) is 23.1. The number of halogens is 2. The van der Waals surface area contributed by atoms with Crippen LogP contribution in [0.4, 0.5) is 0 Å². The molecule has 0 amide bonds. The molecule has 0 N–H and O–H groups in total. The second-order valence-electron chi connectivity index (χ2n) is 8.36. The molecule has 0 radical (unpaired) electrons. The van der Waals surface area contributed by atoms with Crippen molar-refractivity contribution in [2.24, 2.45) is 0 Å². The lowest BCUT2D eigenvalue weighted by atomic mass is 9.80. The van der Waals surface area contributed by atoms with Crippen molar-refractivity contribution in [1.29, 1.82) is 0 Å². The molecule has 35 heavy (non-hydrogen) atoms. The Kier molecular flexibility index (Phi) is 6.81. The van der Waals surface area contributed by atoms with Crippen LogP contribution in [0.1, 0.15) is 27.4 Å². The number of hydrogen-bond acceptors (Lipinski definition) is 1. The van der Waals surface area contributed by atoms with Crippen LogP contribution in [0, 0.1) is 0 Å². The molecule has 1 atom stereocenters. The number of ketones is 1. The molecule has 0 saturated heterocycles. The zero-order valence-electron chi connectivity index (χ0n) is 18.9. The highest BCUT2D eigenvalue weighted by atomic mass is 35.5. The lowest BCUT2D eigenvalue weighted by Gasteiger charge is -2.22. The fourth-order valence-corrected chi connectivity index (χ4v) is 4.74. The summed E-state index contributed by atoms with van der Waals surface area (Å²) in [6, 6.07) is 41.2. The standard InChI is InChI=1S/C32H22Cl2O/c33-26-18-14-23(15-19-26)29-13-7-12-28(22-8-3-1-4-9-22)31(29)32(35)30(24-10-5-2-6-11-24)25-16-20-27(34)21-17-25/h1-21,30H. The highest BCUT2D eigenvalue weighted by Crippen LogP contribution is 2.38. The Balaban J connectivity index is 1.76. The van der Waals surface area contributed by atoms with Gasteiger partial charge in [0.05, 0.1) is 5.92 Å². The van der Waals surface area contributed by atoms with Gasteiger partial charge in [0.1, 0.15) is 0 Å². The summed E-state index contributed by atoms with van der Waals surface area (Å²) in [7, 11) is 0. The topological polar surface area (TPSA) is 17.1 Å². The summed E-state index contributed by atoms with van der Waals surface area (Å²) < 4.78 is 0. The molecule has 0 aromatic heterocycles. The van der Waals surface area contributed by atoms with Gasteiger partial charge in [-0.05, 0) is 57.6 Å². The summed E-state index contributed by atoms with van der Waals surface area (Å²) in [5.74, 6) is -0.452. The van der Waals surface area contributed by atoms with E-state index >= 15 is 0 Å². The first-order valence-electron chi connectivity index (χ1n) is 11.4. The fraction of sp³-hybridized carbons (Fsp3) is 0.0312. The molecule has 0 fully saturated rings. The molecular formula is C32H22Cl2O. The van der Waals surface area contributed by atoms with E-state index in [1.165, 1.54) is 0 Å². The number of benzene rings is 5. The van der Waals surface area contributed by atoms with Crippen LogP contribution in [0.3, 0.4) is 0 Å². The molecule has 0 aliphatic rings. The molecule has 170 valence electrons. The van der Waals surface area contributed by atoms with Gasteiger partial charge in [0.25, 0.3) is 0 Å².